The van der Waals surface area contributed by atoms with E-state index in [0.717, 1.165) is 10.0 Å². The highest BCUT2D eigenvalue weighted by atomic mass is 79.9. The van der Waals surface area contributed by atoms with E-state index in [0.29, 0.717) is 32.5 Å². The molecule has 1 atom stereocenters. The summed E-state index contributed by atoms with van der Waals surface area (Å²) in [4.78, 5) is 28.7. The Hall–Kier alpha value is -2.80. The van der Waals surface area contributed by atoms with E-state index in [1.807, 2.05) is 0 Å². The van der Waals surface area contributed by atoms with E-state index in [2.05, 4.69) is 15.9 Å². The van der Waals surface area contributed by atoms with Gasteiger partial charge in [-0.3, -0.25) is 14.5 Å². The molecule has 0 saturated carbocycles. The third-order valence-corrected chi connectivity index (χ3v) is 6.47. The lowest BCUT2D eigenvalue weighted by atomic mass is 9.98. The van der Waals surface area contributed by atoms with E-state index in [1.54, 1.807) is 60.7 Å². The maximum atomic E-state index is 13.6. The van der Waals surface area contributed by atoms with E-state index < -0.39 is 11.9 Å². The van der Waals surface area contributed by atoms with Gasteiger partial charge >= 0.3 is 0 Å². The van der Waals surface area contributed by atoms with Crippen molar-refractivity contribution in [3.63, 3.8) is 0 Å². The number of benzene rings is 3. The minimum Gasteiger partial charge on any atom is -0.495 e. The topological polar surface area (TPSA) is 59.8 Å². The van der Waals surface area contributed by atoms with Gasteiger partial charge in [0.15, 0.2) is 5.43 Å². The van der Waals surface area contributed by atoms with Crippen LogP contribution in [0.25, 0.3) is 11.0 Å². The number of nitrogens with zero attached hydrogens (tertiary/aromatic N) is 1. The van der Waals surface area contributed by atoms with Gasteiger partial charge in [-0.05, 0) is 54.1 Å². The van der Waals surface area contributed by atoms with Crippen molar-refractivity contribution in [2.24, 2.45) is 0 Å². The summed E-state index contributed by atoms with van der Waals surface area (Å²) in [6.45, 7) is 0. The van der Waals surface area contributed by atoms with E-state index in [1.165, 1.54) is 12.0 Å². The zero-order valence-corrected chi connectivity index (χ0v) is 19.7. The molecule has 1 aliphatic heterocycles. The van der Waals surface area contributed by atoms with Crippen LogP contribution in [0.2, 0.25) is 10.0 Å². The van der Waals surface area contributed by atoms with Crippen molar-refractivity contribution in [2.75, 3.05) is 12.0 Å². The van der Waals surface area contributed by atoms with Crippen molar-refractivity contribution in [1.82, 2.24) is 0 Å². The molecular formula is C24H14BrCl2NO4. The second-order valence-electron chi connectivity index (χ2n) is 7.26. The van der Waals surface area contributed by atoms with Gasteiger partial charge in [0.05, 0.1) is 29.1 Å². The third-order valence-electron chi connectivity index (χ3n) is 5.43. The van der Waals surface area contributed by atoms with Crippen LogP contribution in [0.1, 0.15) is 27.7 Å². The number of halogens is 3. The van der Waals surface area contributed by atoms with Gasteiger partial charge in [0, 0.05) is 15.2 Å². The Bertz CT molecular complexity index is 1450. The number of carbonyl (C=O) groups is 1. The van der Waals surface area contributed by atoms with Crippen LogP contribution < -0.4 is 15.1 Å². The molecule has 1 amide bonds. The molecule has 1 aliphatic rings. The summed E-state index contributed by atoms with van der Waals surface area (Å²) in [6, 6.07) is 16.5. The molecule has 5 rings (SSSR count). The SMILES string of the molecule is COc1ccc(N2C(=O)c3oc4ccc(Br)cc4c(=O)c3C2c2ccc(Cl)cc2)cc1Cl. The van der Waals surface area contributed by atoms with Crippen molar-refractivity contribution >= 4 is 61.7 Å². The quantitative estimate of drug-likeness (QED) is 0.298. The predicted octanol–water partition coefficient (Wildman–Crippen LogP) is 6.62. The van der Waals surface area contributed by atoms with E-state index >= 15 is 0 Å². The third kappa shape index (κ3) is 3.30. The van der Waals surface area contributed by atoms with Crippen LogP contribution in [0, 0.1) is 0 Å². The average molecular weight is 531 g/mol. The highest BCUT2D eigenvalue weighted by Crippen LogP contribution is 2.43. The highest BCUT2D eigenvalue weighted by Gasteiger charge is 2.43. The molecule has 4 aromatic rings. The van der Waals surface area contributed by atoms with Crippen LogP contribution in [0.5, 0.6) is 5.75 Å². The number of anilines is 1. The summed E-state index contributed by atoms with van der Waals surface area (Å²) >= 11 is 15.8. The number of rotatable bonds is 3. The lowest BCUT2D eigenvalue weighted by molar-refractivity contribution is 0.0971. The Morgan fingerprint density at radius 2 is 1.75 bits per heavy atom. The molecule has 0 N–H and O–H groups in total. The monoisotopic (exact) mass is 529 g/mol. The van der Waals surface area contributed by atoms with Gasteiger partial charge in [-0.15, -0.1) is 0 Å². The molecule has 8 heteroatoms. The molecule has 0 fully saturated rings. The molecular weight excluding hydrogens is 517 g/mol. The first-order valence-corrected chi connectivity index (χ1v) is 11.1. The van der Waals surface area contributed by atoms with E-state index in [4.69, 9.17) is 32.4 Å². The summed E-state index contributed by atoms with van der Waals surface area (Å²) in [5.41, 5.74) is 1.58. The van der Waals surface area contributed by atoms with Crippen molar-refractivity contribution in [3.8, 4) is 5.75 Å². The molecule has 0 spiro atoms. The lowest BCUT2D eigenvalue weighted by Crippen LogP contribution is -2.29. The molecule has 1 aromatic heterocycles. The molecule has 160 valence electrons. The predicted molar refractivity (Wildman–Crippen MR) is 128 cm³/mol. The van der Waals surface area contributed by atoms with Crippen LogP contribution in [-0.4, -0.2) is 13.0 Å². The fourth-order valence-electron chi connectivity index (χ4n) is 3.98. The Labute approximate surface area is 201 Å². The Morgan fingerprint density at radius 1 is 1.00 bits per heavy atom. The highest BCUT2D eigenvalue weighted by molar-refractivity contribution is 9.10. The fraction of sp³-hybridized carbons (Fsp3) is 0.0833. The number of hydrogen-bond acceptors (Lipinski definition) is 4. The molecule has 0 radical (unpaired) electrons. The van der Waals surface area contributed by atoms with Crippen LogP contribution in [-0.2, 0) is 0 Å². The van der Waals surface area contributed by atoms with Crippen LogP contribution in [0.4, 0.5) is 5.69 Å². The molecule has 0 aliphatic carbocycles. The zero-order valence-electron chi connectivity index (χ0n) is 16.6. The molecule has 0 bridgehead atoms. The molecule has 32 heavy (non-hydrogen) atoms. The fourth-order valence-corrected chi connectivity index (χ4v) is 4.72. The zero-order chi connectivity index (χ0) is 22.6. The van der Waals surface area contributed by atoms with E-state index in [-0.39, 0.29) is 16.8 Å². The van der Waals surface area contributed by atoms with Gasteiger partial charge in [0.25, 0.3) is 5.91 Å². The van der Waals surface area contributed by atoms with E-state index in [9.17, 15) is 9.59 Å². The van der Waals surface area contributed by atoms with Gasteiger partial charge in [-0.25, -0.2) is 0 Å². The number of methoxy groups -OCH3 is 1. The smallest absolute Gasteiger partial charge is 0.295 e. The lowest BCUT2D eigenvalue weighted by Gasteiger charge is -2.25. The summed E-state index contributed by atoms with van der Waals surface area (Å²) in [5, 5.41) is 1.28. The molecule has 5 nitrogen and oxygen atoms in total. The maximum Gasteiger partial charge on any atom is 0.295 e. The summed E-state index contributed by atoms with van der Waals surface area (Å²) in [7, 11) is 1.51. The van der Waals surface area contributed by atoms with Crippen LogP contribution in [0.15, 0.2) is 74.3 Å². The molecule has 0 saturated heterocycles. The number of ether oxygens (including phenoxy) is 1. The first kappa shape index (κ1) is 21.1. The summed E-state index contributed by atoms with van der Waals surface area (Å²) in [5.74, 6) is 0.0622. The number of amides is 1. The van der Waals surface area contributed by atoms with Gasteiger partial charge in [-0.1, -0.05) is 51.3 Å². The van der Waals surface area contributed by atoms with Crippen LogP contribution >= 0.6 is 39.1 Å². The Balaban J connectivity index is 1.80. The molecule has 1 unspecified atom stereocenters. The van der Waals surface area contributed by atoms with Gasteiger partial charge in [0.1, 0.15) is 11.3 Å². The maximum absolute atomic E-state index is 13.6. The molecule has 2 heterocycles. The number of carbonyl (C=O) groups excluding carboxylic acids is 1. The second-order valence-corrected chi connectivity index (χ2v) is 9.02. The second kappa shape index (κ2) is 7.96. The minimum atomic E-state index is -0.709. The summed E-state index contributed by atoms with van der Waals surface area (Å²) in [6.07, 6.45) is 0. The number of fused-ring (bicyclic) bond motifs is 2. The van der Waals surface area contributed by atoms with Crippen LogP contribution in [0.3, 0.4) is 0 Å². The summed E-state index contributed by atoms with van der Waals surface area (Å²) < 4.78 is 11.9. The van der Waals surface area contributed by atoms with Gasteiger partial charge in [-0.2, -0.15) is 0 Å². The Kier molecular flexibility index (Phi) is 5.24. The normalized spacial score (nSPS) is 15.3. The average Bonchev–Trinajstić information content (AvgIpc) is 3.07. The minimum absolute atomic E-state index is 0.0108. The van der Waals surface area contributed by atoms with Gasteiger partial charge in [0.2, 0.25) is 5.76 Å². The van der Waals surface area contributed by atoms with Crippen molar-refractivity contribution in [2.45, 2.75) is 6.04 Å². The Morgan fingerprint density at radius 3 is 2.44 bits per heavy atom. The standard InChI is InChI=1S/C24H14BrCl2NO4/c1-31-19-9-7-15(11-17(19)27)28-21(12-2-5-14(26)6-3-12)20-22(29)16-10-13(25)4-8-18(16)32-23(20)24(28)30/h2-11,21H,1H3. The first-order valence-electron chi connectivity index (χ1n) is 9.58. The van der Waals surface area contributed by atoms with Crippen molar-refractivity contribution < 1.29 is 13.9 Å². The molecule has 3 aromatic carbocycles. The first-order chi connectivity index (χ1) is 15.4. The number of hydrogen-bond donors (Lipinski definition) is 0. The van der Waals surface area contributed by atoms with Gasteiger partial charge < -0.3 is 9.15 Å². The van der Waals surface area contributed by atoms with Crippen molar-refractivity contribution in [1.29, 1.82) is 0 Å². The largest absolute Gasteiger partial charge is 0.495 e. The van der Waals surface area contributed by atoms with Crippen molar-refractivity contribution in [3.05, 3.63) is 102 Å².